The number of nitro benzene ring substituents is 1. The van der Waals surface area contributed by atoms with Gasteiger partial charge in [-0.15, -0.1) is 0 Å². The molecule has 0 fully saturated rings. The number of nitrogens with zero attached hydrogens (tertiary/aromatic N) is 1. The van der Waals surface area contributed by atoms with Crippen LogP contribution in [0.2, 0.25) is 0 Å². The van der Waals surface area contributed by atoms with Gasteiger partial charge in [0.05, 0.1) is 16.8 Å². The number of benzene rings is 1. The lowest BCUT2D eigenvalue weighted by Gasteiger charge is -2.29. The van der Waals surface area contributed by atoms with E-state index in [4.69, 9.17) is 0 Å². The Morgan fingerprint density at radius 1 is 1.22 bits per heavy atom. The molecule has 2 N–H and O–H groups in total. The van der Waals surface area contributed by atoms with Crippen LogP contribution >= 0.6 is 0 Å². The van der Waals surface area contributed by atoms with Gasteiger partial charge in [0.2, 0.25) is 5.91 Å². The number of hydrogen-bond acceptors (Lipinski definition) is 4. The van der Waals surface area contributed by atoms with Crippen LogP contribution in [0.15, 0.2) is 35.4 Å². The van der Waals surface area contributed by atoms with E-state index in [9.17, 15) is 24.8 Å². The minimum atomic E-state index is -1.00. The molecule has 0 bridgehead atoms. The first kappa shape index (κ1) is 16.7. The van der Waals surface area contributed by atoms with Gasteiger partial charge in [-0.1, -0.05) is 17.2 Å². The summed E-state index contributed by atoms with van der Waals surface area (Å²) in [6.07, 6.45) is 0.720. The quantitative estimate of drug-likeness (QED) is 0.504. The van der Waals surface area contributed by atoms with Crippen LogP contribution < -0.4 is 5.32 Å². The van der Waals surface area contributed by atoms with Gasteiger partial charge < -0.3 is 10.4 Å². The van der Waals surface area contributed by atoms with Crippen molar-refractivity contribution in [3.8, 4) is 0 Å². The number of nitro groups is 1. The van der Waals surface area contributed by atoms with Crippen LogP contribution in [0.5, 0.6) is 0 Å². The largest absolute Gasteiger partial charge is 0.481 e. The first-order chi connectivity index (χ1) is 10.8. The van der Waals surface area contributed by atoms with Gasteiger partial charge >= 0.3 is 5.97 Å². The molecule has 0 heterocycles. The van der Waals surface area contributed by atoms with Gasteiger partial charge in [0.15, 0.2) is 0 Å². The molecule has 0 spiro atoms. The number of anilines is 1. The molecule has 1 amide bonds. The first-order valence-electron chi connectivity index (χ1n) is 7.23. The average molecular weight is 318 g/mol. The number of carboxylic acids is 1. The average Bonchev–Trinajstić information content (AvgIpc) is 2.49. The molecule has 1 aliphatic rings. The third-order valence-corrected chi connectivity index (χ3v) is 4.24. The van der Waals surface area contributed by atoms with E-state index in [0.29, 0.717) is 12.8 Å². The van der Waals surface area contributed by atoms with Crippen LogP contribution in [0.25, 0.3) is 0 Å². The minimum absolute atomic E-state index is 0.131. The molecule has 23 heavy (non-hydrogen) atoms. The van der Waals surface area contributed by atoms with Gasteiger partial charge in [-0.3, -0.25) is 19.7 Å². The molecule has 1 aromatic carbocycles. The topological polar surface area (TPSA) is 110 Å². The maximum atomic E-state index is 12.4. The molecule has 7 heteroatoms. The third-order valence-electron chi connectivity index (χ3n) is 4.24. The molecule has 0 aliphatic heterocycles. The van der Waals surface area contributed by atoms with Crippen molar-refractivity contribution in [2.45, 2.75) is 26.7 Å². The highest BCUT2D eigenvalue weighted by Gasteiger charge is 2.37. The number of rotatable bonds is 4. The summed E-state index contributed by atoms with van der Waals surface area (Å²) in [4.78, 5) is 34.1. The molecule has 2 rings (SSSR count). The number of carbonyl (C=O) groups excluding carboxylic acids is 1. The Balaban J connectivity index is 2.20. The summed E-state index contributed by atoms with van der Waals surface area (Å²) in [5.74, 6) is -2.89. The van der Waals surface area contributed by atoms with Crippen molar-refractivity contribution in [2.75, 3.05) is 5.32 Å². The Morgan fingerprint density at radius 3 is 2.39 bits per heavy atom. The summed E-state index contributed by atoms with van der Waals surface area (Å²) < 4.78 is 0. The van der Waals surface area contributed by atoms with Crippen molar-refractivity contribution in [1.29, 1.82) is 0 Å². The van der Waals surface area contributed by atoms with Crippen molar-refractivity contribution in [1.82, 2.24) is 0 Å². The molecule has 0 aromatic heterocycles. The number of hydrogen-bond donors (Lipinski definition) is 2. The summed E-state index contributed by atoms with van der Waals surface area (Å²) in [6.45, 7) is 3.76. The highest BCUT2D eigenvalue weighted by atomic mass is 16.6. The SMILES string of the molecule is CC1=C(C)C[C@@H](C(=O)Nc2cccc([N+](=O)[O-])c2)[C@@H](C(=O)O)C1. The Labute approximate surface area is 133 Å². The van der Waals surface area contributed by atoms with Crippen LogP contribution in [-0.2, 0) is 9.59 Å². The van der Waals surface area contributed by atoms with Gasteiger partial charge in [0, 0.05) is 17.8 Å². The standard InChI is InChI=1S/C16H18N2O5/c1-9-6-13(14(16(20)21)7-10(9)2)15(19)17-11-4-3-5-12(8-11)18(22)23/h3-5,8,13-14H,6-7H2,1-2H3,(H,17,19)(H,20,21)/t13-,14+/m1/s1. The number of allylic oxidation sites excluding steroid dienone is 2. The summed E-state index contributed by atoms with van der Waals surface area (Å²) >= 11 is 0. The van der Waals surface area contributed by atoms with Gasteiger partial charge in [-0.2, -0.15) is 0 Å². The Morgan fingerprint density at radius 2 is 1.83 bits per heavy atom. The predicted octanol–water partition coefficient (Wildman–Crippen LogP) is 2.98. The number of non-ortho nitro benzene ring substituents is 1. The van der Waals surface area contributed by atoms with E-state index >= 15 is 0 Å². The van der Waals surface area contributed by atoms with Crippen molar-refractivity contribution in [3.05, 3.63) is 45.5 Å². The normalized spacial score (nSPS) is 21.0. The molecular formula is C16H18N2O5. The van der Waals surface area contributed by atoms with E-state index in [1.165, 1.54) is 24.3 Å². The third kappa shape index (κ3) is 3.74. The number of carboxylic acid groups (broad SMARTS) is 1. The van der Waals surface area contributed by atoms with Crippen LogP contribution in [0.4, 0.5) is 11.4 Å². The second-order valence-electron chi connectivity index (χ2n) is 5.82. The second kappa shape index (κ2) is 6.60. The molecule has 0 saturated carbocycles. The number of amides is 1. The molecule has 122 valence electrons. The van der Waals surface area contributed by atoms with Crippen LogP contribution in [-0.4, -0.2) is 21.9 Å². The molecule has 0 unspecified atom stereocenters. The predicted molar refractivity (Wildman–Crippen MR) is 83.9 cm³/mol. The zero-order valence-electron chi connectivity index (χ0n) is 12.9. The number of carbonyl (C=O) groups is 2. The second-order valence-corrected chi connectivity index (χ2v) is 5.82. The first-order valence-corrected chi connectivity index (χ1v) is 7.23. The molecule has 2 atom stereocenters. The van der Waals surface area contributed by atoms with Gasteiger partial charge in [0.25, 0.3) is 5.69 Å². The van der Waals surface area contributed by atoms with E-state index in [1.54, 1.807) is 0 Å². The zero-order chi connectivity index (χ0) is 17.1. The maximum Gasteiger partial charge on any atom is 0.307 e. The van der Waals surface area contributed by atoms with Crippen LogP contribution in [0.1, 0.15) is 26.7 Å². The fraction of sp³-hybridized carbons (Fsp3) is 0.375. The molecule has 0 radical (unpaired) electrons. The highest BCUT2D eigenvalue weighted by Crippen LogP contribution is 2.35. The maximum absolute atomic E-state index is 12.4. The van der Waals surface area contributed by atoms with E-state index in [1.807, 2.05) is 13.8 Å². The van der Waals surface area contributed by atoms with E-state index in [0.717, 1.165) is 11.1 Å². The van der Waals surface area contributed by atoms with E-state index in [-0.39, 0.29) is 11.4 Å². The van der Waals surface area contributed by atoms with Gasteiger partial charge in [-0.25, -0.2) is 0 Å². The lowest BCUT2D eigenvalue weighted by Crippen LogP contribution is -2.36. The molecule has 1 aromatic rings. The minimum Gasteiger partial charge on any atom is -0.481 e. The number of aliphatic carboxylic acids is 1. The highest BCUT2D eigenvalue weighted by molar-refractivity contribution is 5.95. The Kier molecular flexibility index (Phi) is 4.78. The Hall–Kier alpha value is -2.70. The van der Waals surface area contributed by atoms with E-state index < -0.39 is 28.6 Å². The van der Waals surface area contributed by atoms with Crippen molar-refractivity contribution < 1.29 is 19.6 Å². The summed E-state index contributed by atoms with van der Waals surface area (Å²) in [5.41, 5.74) is 2.17. The molecule has 0 saturated heterocycles. The summed E-state index contributed by atoms with van der Waals surface area (Å²) in [6, 6.07) is 5.59. The summed E-state index contributed by atoms with van der Waals surface area (Å²) in [5, 5.41) is 22.7. The fourth-order valence-corrected chi connectivity index (χ4v) is 2.76. The summed E-state index contributed by atoms with van der Waals surface area (Å²) in [7, 11) is 0. The fourth-order valence-electron chi connectivity index (χ4n) is 2.76. The van der Waals surface area contributed by atoms with Crippen molar-refractivity contribution in [2.24, 2.45) is 11.8 Å². The Bertz CT molecular complexity index is 695. The lowest BCUT2D eigenvalue weighted by atomic mass is 9.76. The monoisotopic (exact) mass is 318 g/mol. The van der Waals surface area contributed by atoms with Crippen molar-refractivity contribution in [3.63, 3.8) is 0 Å². The lowest BCUT2D eigenvalue weighted by molar-refractivity contribution is -0.384. The van der Waals surface area contributed by atoms with Crippen LogP contribution in [0, 0.1) is 22.0 Å². The molecule has 1 aliphatic carbocycles. The zero-order valence-corrected chi connectivity index (χ0v) is 12.9. The van der Waals surface area contributed by atoms with Gasteiger partial charge in [0.1, 0.15) is 0 Å². The van der Waals surface area contributed by atoms with Crippen LogP contribution in [0.3, 0.4) is 0 Å². The van der Waals surface area contributed by atoms with E-state index in [2.05, 4.69) is 5.32 Å². The molecule has 7 nitrogen and oxygen atoms in total. The number of nitrogens with one attached hydrogen (secondary N) is 1. The molecular weight excluding hydrogens is 300 g/mol. The smallest absolute Gasteiger partial charge is 0.307 e. The van der Waals surface area contributed by atoms with Gasteiger partial charge in [-0.05, 0) is 32.8 Å². The van der Waals surface area contributed by atoms with Crippen molar-refractivity contribution >= 4 is 23.3 Å².